The van der Waals surface area contributed by atoms with E-state index in [2.05, 4.69) is 13.8 Å². The van der Waals surface area contributed by atoms with Crippen molar-refractivity contribution in [1.29, 1.82) is 0 Å². The van der Waals surface area contributed by atoms with Crippen molar-refractivity contribution in [2.24, 2.45) is 0 Å². The Balaban J connectivity index is 0.00000128. The Labute approximate surface area is 222 Å². The zero-order valence-electron chi connectivity index (χ0n) is 23.8. The van der Waals surface area contributed by atoms with Gasteiger partial charge in [-0.3, -0.25) is 0 Å². The molecule has 1 amide bonds. The van der Waals surface area contributed by atoms with E-state index in [1.807, 2.05) is 11.8 Å². The zero-order valence-corrected chi connectivity index (χ0v) is 23.8. The first kappa shape index (κ1) is 34.1. The van der Waals surface area contributed by atoms with Crippen LogP contribution in [0.3, 0.4) is 0 Å². The van der Waals surface area contributed by atoms with E-state index in [0.29, 0.717) is 6.61 Å². The molecule has 5 nitrogen and oxygen atoms in total. The summed E-state index contributed by atoms with van der Waals surface area (Å²) < 4.78 is 5.26. The molecule has 2 N–H and O–H groups in total. The van der Waals surface area contributed by atoms with Crippen molar-refractivity contribution in [1.82, 2.24) is 4.90 Å². The number of phenolic OH excluding ortho intramolecular Hbond substituents is 2. The van der Waals surface area contributed by atoms with Crippen molar-refractivity contribution >= 4 is 6.09 Å². The third-order valence-corrected chi connectivity index (χ3v) is 6.42. The molecule has 0 heterocycles. The van der Waals surface area contributed by atoms with Crippen LogP contribution in [0.4, 0.5) is 4.79 Å². The minimum Gasteiger partial charge on any atom is -0.508 e. The van der Waals surface area contributed by atoms with Gasteiger partial charge in [0.15, 0.2) is 0 Å². The fraction of sp³-hybridized carbons (Fsp3) is 0.774. The summed E-state index contributed by atoms with van der Waals surface area (Å²) in [6.07, 6.45) is 23.6. The average Bonchev–Trinajstić information content (AvgIpc) is 2.85. The molecule has 0 aromatic heterocycles. The van der Waals surface area contributed by atoms with Gasteiger partial charge in [0.2, 0.25) is 0 Å². The summed E-state index contributed by atoms with van der Waals surface area (Å²) in [7, 11) is 0. The average molecular weight is 508 g/mol. The number of hydrogen-bond acceptors (Lipinski definition) is 4. The van der Waals surface area contributed by atoms with Crippen LogP contribution in [0, 0.1) is 0 Å². The van der Waals surface area contributed by atoms with Gasteiger partial charge < -0.3 is 19.8 Å². The molecule has 0 aliphatic rings. The van der Waals surface area contributed by atoms with Gasteiger partial charge in [-0.2, -0.15) is 0 Å². The Morgan fingerprint density at radius 1 is 0.639 bits per heavy atom. The summed E-state index contributed by atoms with van der Waals surface area (Å²) in [5.41, 5.74) is 0. The fourth-order valence-electron chi connectivity index (χ4n) is 4.23. The molecule has 0 atom stereocenters. The van der Waals surface area contributed by atoms with Crippen LogP contribution in [0.15, 0.2) is 24.3 Å². The molecule has 5 heteroatoms. The molecule has 36 heavy (non-hydrogen) atoms. The van der Waals surface area contributed by atoms with Gasteiger partial charge >= 0.3 is 6.09 Å². The van der Waals surface area contributed by atoms with Crippen LogP contribution in [0.1, 0.15) is 136 Å². The highest BCUT2D eigenvalue weighted by Crippen LogP contribution is 2.15. The van der Waals surface area contributed by atoms with Gasteiger partial charge in [-0.25, -0.2) is 4.79 Å². The summed E-state index contributed by atoms with van der Waals surface area (Å²) in [6, 6.07) is 5.85. The van der Waals surface area contributed by atoms with Crippen molar-refractivity contribution in [2.45, 2.75) is 136 Å². The van der Waals surface area contributed by atoms with Crippen LogP contribution in [-0.2, 0) is 4.74 Å². The minimum atomic E-state index is -0.110. The number of rotatable bonds is 21. The van der Waals surface area contributed by atoms with E-state index >= 15 is 0 Å². The van der Waals surface area contributed by atoms with Gasteiger partial charge in [0, 0.05) is 19.2 Å². The second-order valence-electron chi connectivity index (χ2n) is 9.86. The third-order valence-electron chi connectivity index (χ3n) is 6.42. The van der Waals surface area contributed by atoms with Gasteiger partial charge in [-0.1, -0.05) is 123 Å². The molecule has 0 aliphatic heterocycles. The maximum atomic E-state index is 12.2. The summed E-state index contributed by atoms with van der Waals surface area (Å²) in [5, 5.41) is 17.3. The normalized spacial score (nSPS) is 10.5. The van der Waals surface area contributed by atoms with Crippen LogP contribution in [-0.4, -0.2) is 40.9 Å². The van der Waals surface area contributed by atoms with E-state index in [4.69, 9.17) is 14.9 Å². The van der Waals surface area contributed by atoms with Crippen LogP contribution in [0.2, 0.25) is 0 Å². The number of benzene rings is 1. The maximum absolute atomic E-state index is 12.2. The molecule has 0 spiro atoms. The summed E-state index contributed by atoms with van der Waals surface area (Å²) in [6.45, 7) is 8.64. The van der Waals surface area contributed by atoms with E-state index in [9.17, 15) is 4.79 Å². The Morgan fingerprint density at radius 3 is 1.31 bits per heavy atom. The quantitative estimate of drug-likeness (QED) is 0.162. The van der Waals surface area contributed by atoms with E-state index < -0.39 is 0 Å². The number of carbonyl (C=O) groups is 1. The Morgan fingerprint density at radius 2 is 1.00 bits per heavy atom. The highest BCUT2D eigenvalue weighted by molar-refractivity contribution is 5.67. The Kier molecular flexibility index (Phi) is 24.8. The number of unbranched alkanes of at least 4 members (excludes halogenated alkanes) is 16. The first-order valence-corrected chi connectivity index (χ1v) is 14.9. The molecule has 0 unspecified atom stereocenters. The van der Waals surface area contributed by atoms with Crippen LogP contribution >= 0.6 is 0 Å². The molecule has 1 aromatic rings. The summed E-state index contributed by atoms with van der Waals surface area (Å²) in [4.78, 5) is 14.1. The molecule has 0 radical (unpaired) electrons. The van der Waals surface area contributed by atoms with E-state index in [1.165, 1.54) is 121 Å². The topological polar surface area (TPSA) is 70.0 Å². The monoisotopic (exact) mass is 507 g/mol. The highest BCUT2D eigenvalue weighted by atomic mass is 16.6. The molecule has 0 saturated heterocycles. The third kappa shape index (κ3) is 22.5. The fourth-order valence-corrected chi connectivity index (χ4v) is 4.23. The number of amides is 1. The number of phenols is 2. The zero-order chi connectivity index (χ0) is 26.7. The van der Waals surface area contributed by atoms with Gasteiger partial charge in [0.25, 0.3) is 0 Å². The molecular weight excluding hydrogens is 450 g/mol. The van der Waals surface area contributed by atoms with Gasteiger partial charge in [-0.15, -0.1) is 0 Å². The lowest BCUT2D eigenvalue weighted by molar-refractivity contribution is 0.105. The first-order chi connectivity index (χ1) is 17.5. The largest absolute Gasteiger partial charge is 0.508 e. The minimum absolute atomic E-state index is 0.0880. The molecule has 210 valence electrons. The highest BCUT2D eigenvalue weighted by Gasteiger charge is 2.13. The molecule has 1 aromatic carbocycles. The van der Waals surface area contributed by atoms with Crippen molar-refractivity contribution in [3.05, 3.63) is 24.3 Å². The van der Waals surface area contributed by atoms with E-state index in [-0.39, 0.29) is 17.6 Å². The van der Waals surface area contributed by atoms with Gasteiger partial charge in [0.1, 0.15) is 11.5 Å². The van der Waals surface area contributed by atoms with Crippen molar-refractivity contribution in [3.8, 4) is 11.5 Å². The maximum Gasteiger partial charge on any atom is 0.409 e. The standard InChI is InChI=1S/C25H51NO2.C6H6O2/c1-4-7-9-11-13-15-17-19-21-23-26(25(27)28-6-3)24-22-20-18-16-14-12-10-8-5-2;7-5-2-1-3-6(8)4-5/h4-24H2,1-3H3;1-4,7-8H. The van der Waals surface area contributed by atoms with Crippen LogP contribution in [0.5, 0.6) is 11.5 Å². The second-order valence-corrected chi connectivity index (χ2v) is 9.86. The van der Waals surface area contributed by atoms with Crippen LogP contribution in [0.25, 0.3) is 0 Å². The molecule has 1 rings (SSSR count). The second kappa shape index (κ2) is 26.2. The van der Waals surface area contributed by atoms with Crippen molar-refractivity contribution in [3.63, 3.8) is 0 Å². The van der Waals surface area contributed by atoms with Gasteiger partial charge in [0.05, 0.1) is 6.61 Å². The number of nitrogens with zero attached hydrogens (tertiary/aromatic N) is 1. The Bertz CT molecular complexity index is 569. The lowest BCUT2D eigenvalue weighted by Gasteiger charge is -2.22. The molecular formula is C31H57NO4. The molecule has 0 fully saturated rings. The van der Waals surface area contributed by atoms with Crippen LogP contribution < -0.4 is 0 Å². The number of hydrogen-bond donors (Lipinski definition) is 2. The van der Waals surface area contributed by atoms with Crippen molar-refractivity contribution in [2.75, 3.05) is 19.7 Å². The lowest BCUT2D eigenvalue weighted by atomic mass is 10.1. The molecule has 0 saturated carbocycles. The summed E-state index contributed by atoms with van der Waals surface area (Å²) >= 11 is 0. The predicted octanol–water partition coefficient (Wildman–Crippen LogP) is 9.60. The summed E-state index contributed by atoms with van der Waals surface area (Å²) in [5.74, 6) is 0.176. The van der Waals surface area contributed by atoms with E-state index in [1.54, 1.807) is 6.07 Å². The number of carbonyl (C=O) groups excluding carboxylic acids is 1. The first-order valence-electron chi connectivity index (χ1n) is 14.9. The smallest absolute Gasteiger partial charge is 0.409 e. The van der Waals surface area contributed by atoms with Gasteiger partial charge in [-0.05, 0) is 31.9 Å². The lowest BCUT2D eigenvalue weighted by Crippen LogP contribution is -2.33. The molecule has 0 aliphatic carbocycles. The Hall–Kier alpha value is -1.91. The van der Waals surface area contributed by atoms with Crippen molar-refractivity contribution < 1.29 is 19.7 Å². The molecule has 0 bridgehead atoms. The van der Waals surface area contributed by atoms with E-state index in [0.717, 1.165) is 25.9 Å². The number of ether oxygens (including phenoxy) is 1. The number of aromatic hydroxyl groups is 2. The SMILES string of the molecule is CCCCCCCCCCCN(CCCCCCCCCCC)C(=O)OCC.Oc1cccc(O)c1. The predicted molar refractivity (Wildman–Crippen MR) is 153 cm³/mol.